The van der Waals surface area contributed by atoms with Crippen LogP contribution in [0.1, 0.15) is 56.1 Å². The Morgan fingerprint density at radius 3 is 2.59 bits per heavy atom. The highest BCUT2D eigenvalue weighted by molar-refractivity contribution is 5.79. The van der Waals surface area contributed by atoms with Gasteiger partial charge in [-0.1, -0.05) is 43.5 Å². The molecular formula is C26H35N7O. The Kier molecular flexibility index (Phi) is 7.04. The van der Waals surface area contributed by atoms with Crippen LogP contribution in [-0.4, -0.2) is 56.8 Å². The Bertz CT molecular complexity index is 1100. The van der Waals surface area contributed by atoms with Gasteiger partial charge >= 0.3 is 0 Å². The van der Waals surface area contributed by atoms with Crippen molar-refractivity contribution in [3.05, 3.63) is 53.9 Å². The maximum Gasteiger partial charge on any atom is 0.223 e. The zero-order chi connectivity index (χ0) is 23.3. The summed E-state index contributed by atoms with van der Waals surface area (Å²) in [6, 6.07) is 13.1. The van der Waals surface area contributed by atoms with Gasteiger partial charge in [0, 0.05) is 38.1 Å². The molecule has 2 aliphatic rings. The van der Waals surface area contributed by atoms with E-state index >= 15 is 0 Å². The molecule has 3 heterocycles. The third-order valence-electron chi connectivity index (χ3n) is 7.53. The Labute approximate surface area is 201 Å². The van der Waals surface area contributed by atoms with E-state index in [1.165, 1.54) is 43.2 Å². The average Bonchev–Trinajstić information content (AvgIpc) is 3.37. The van der Waals surface area contributed by atoms with Crippen molar-refractivity contribution in [2.24, 2.45) is 5.92 Å². The number of hydrogen-bond acceptors (Lipinski definition) is 6. The fourth-order valence-electron chi connectivity index (χ4n) is 5.39. The van der Waals surface area contributed by atoms with Crippen molar-refractivity contribution in [3.63, 3.8) is 0 Å². The highest BCUT2D eigenvalue weighted by Gasteiger charge is 2.26. The van der Waals surface area contributed by atoms with Crippen LogP contribution in [0.4, 0.5) is 5.82 Å². The summed E-state index contributed by atoms with van der Waals surface area (Å²) < 4.78 is 1.69. The zero-order valence-electron chi connectivity index (χ0n) is 20.1. The lowest BCUT2D eigenvalue weighted by Gasteiger charge is -2.32. The zero-order valence-corrected chi connectivity index (χ0v) is 20.1. The van der Waals surface area contributed by atoms with E-state index in [1.54, 1.807) is 10.8 Å². The van der Waals surface area contributed by atoms with Gasteiger partial charge in [0.05, 0.1) is 0 Å². The first kappa shape index (κ1) is 22.8. The molecule has 1 aliphatic carbocycles. The van der Waals surface area contributed by atoms with Crippen LogP contribution in [0.3, 0.4) is 0 Å². The van der Waals surface area contributed by atoms with Crippen molar-refractivity contribution >= 4 is 17.4 Å². The normalized spacial score (nSPS) is 18.0. The first-order chi connectivity index (χ1) is 16.7. The molecule has 1 amide bonds. The van der Waals surface area contributed by atoms with Gasteiger partial charge in [0.15, 0.2) is 5.65 Å². The molecule has 0 radical (unpaired) electrons. The van der Waals surface area contributed by atoms with Crippen molar-refractivity contribution in [1.82, 2.24) is 30.0 Å². The largest absolute Gasteiger partial charge is 0.355 e. The quantitative estimate of drug-likeness (QED) is 0.581. The van der Waals surface area contributed by atoms with Crippen molar-refractivity contribution in [3.8, 4) is 0 Å². The van der Waals surface area contributed by atoms with Gasteiger partial charge in [-0.25, -0.2) is 0 Å². The molecule has 2 fully saturated rings. The molecule has 1 saturated heterocycles. The number of hydrogen-bond donors (Lipinski definition) is 1. The highest BCUT2D eigenvalue weighted by Crippen LogP contribution is 2.24. The Hall–Kier alpha value is -3.00. The van der Waals surface area contributed by atoms with Crippen LogP contribution in [0.25, 0.3) is 5.65 Å². The Balaban J connectivity index is 1.13. The predicted molar refractivity (Wildman–Crippen MR) is 132 cm³/mol. The fourth-order valence-corrected chi connectivity index (χ4v) is 5.39. The molecule has 1 aromatic carbocycles. The van der Waals surface area contributed by atoms with Gasteiger partial charge < -0.3 is 10.2 Å². The number of anilines is 1. The maximum atomic E-state index is 13.0. The first-order valence-corrected chi connectivity index (χ1v) is 12.6. The Morgan fingerprint density at radius 2 is 1.79 bits per heavy atom. The number of aromatic nitrogens is 4. The first-order valence-electron chi connectivity index (χ1n) is 12.6. The summed E-state index contributed by atoms with van der Waals surface area (Å²) in [6.07, 6.45) is 9.95. The van der Waals surface area contributed by atoms with Gasteiger partial charge in [-0.2, -0.15) is 4.52 Å². The number of nitrogens with zero attached hydrogens (tertiary/aromatic N) is 6. The topological polar surface area (TPSA) is 78.7 Å². The minimum atomic E-state index is 0.0481. The number of amides is 1. The summed E-state index contributed by atoms with van der Waals surface area (Å²) in [4.78, 5) is 17.7. The van der Waals surface area contributed by atoms with Crippen molar-refractivity contribution < 1.29 is 4.79 Å². The minimum Gasteiger partial charge on any atom is -0.355 e. The van der Waals surface area contributed by atoms with Gasteiger partial charge in [0.1, 0.15) is 12.1 Å². The molecule has 1 saturated carbocycles. The number of rotatable bonds is 7. The summed E-state index contributed by atoms with van der Waals surface area (Å²) in [5.74, 6) is 1.12. The third kappa shape index (κ3) is 5.22. The summed E-state index contributed by atoms with van der Waals surface area (Å²) in [6.45, 7) is 3.18. The lowest BCUT2D eigenvalue weighted by atomic mass is 9.94. The Morgan fingerprint density at radius 1 is 1.03 bits per heavy atom. The summed E-state index contributed by atoms with van der Waals surface area (Å²) >= 11 is 0. The van der Waals surface area contributed by atoms with Crippen molar-refractivity contribution in [2.45, 2.75) is 64.1 Å². The minimum absolute atomic E-state index is 0.0481. The monoisotopic (exact) mass is 461 g/mol. The predicted octanol–water partition coefficient (Wildman–Crippen LogP) is 3.42. The highest BCUT2D eigenvalue weighted by atomic mass is 16.1. The van der Waals surface area contributed by atoms with Crippen LogP contribution in [0.2, 0.25) is 0 Å². The molecule has 8 heteroatoms. The molecule has 2 aromatic heterocycles. The number of fused-ring (bicyclic) bond motifs is 1. The second-order valence-electron chi connectivity index (χ2n) is 9.78. The molecule has 34 heavy (non-hydrogen) atoms. The second-order valence-corrected chi connectivity index (χ2v) is 9.78. The number of benzene rings is 1. The van der Waals surface area contributed by atoms with E-state index in [0.717, 1.165) is 43.9 Å². The number of carbonyl (C=O) groups is 1. The van der Waals surface area contributed by atoms with E-state index in [1.807, 2.05) is 12.1 Å². The van der Waals surface area contributed by atoms with Gasteiger partial charge in [-0.05, 0) is 56.0 Å². The van der Waals surface area contributed by atoms with Crippen LogP contribution in [0, 0.1) is 5.92 Å². The van der Waals surface area contributed by atoms with E-state index in [4.69, 9.17) is 0 Å². The van der Waals surface area contributed by atoms with Gasteiger partial charge in [-0.15, -0.1) is 15.3 Å². The van der Waals surface area contributed by atoms with Gasteiger partial charge in [0.25, 0.3) is 0 Å². The standard InChI is InChI=1S/C26H35N7O/c1-31(23-9-3-2-4-10-23)18-22-8-6-5-7-21(22)17-27-26(34)20-13-15-32(16-14-20)25-12-11-24-29-28-19-33(24)30-25/h5-8,11-12,19-20,23H,2-4,9-10,13-18H2,1H3,(H,27,34). The van der Waals surface area contributed by atoms with Crippen LogP contribution in [-0.2, 0) is 17.9 Å². The number of nitrogens with one attached hydrogen (secondary N) is 1. The molecule has 1 N–H and O–H groups in total. The number of piperidine rings is 1. The fraction of sp³-hybridized carbons (Fsp3) is 0.538. The smallest absolute Gasteiger partial charge is 0.223 e. The second kappa shape index (κ2) is 10.5. The van der Waals surface area contributed by atoms with Crippen LogP contribution >= 0.6 is 0 Å². The van der Waals surface area contributed by atoms with Crippen molar-refractivity contribution in [1.29, 1.82) is 0 Å². The van der Waals surface area contributed by atoms with E-state index in [9.17, 15) is 4.79 Å². The van der Waals surface area contributed by atoms with E-state index < -0.39 is 0 Å². The van der Waals surface area contributed by atoms with Crippen LogP contribution < -0.4 is 10.2 Å². The van der Waals surface area contributed by atoms with E-state index in [0.29, 0.717) is 12.6 Å². The summed E-state index contributed by atoms with van der Waals surface area (Å²) in [5.41, 5.74) is 3.28. The molecule has 0 unspecified atom stereocenters. The summed E-state index contributed by atoms with van der Waals surface area (Å²) in [7, 11) is 2.25. The number of carbonyl (C=O) groups excluding carboxylic acids is 1. The SMILES string of the molecule is CN(Cc1ccccc1CNC(=O)C1CCN(c2ccc3nncn3n2)CC1)C1CCCCC1. The molecular weight excluding hydrogens is 426 g/mol. The van der Waals surface area contributed by atoms with Gasteiger partial charge in [-0.3, -0.25) is 9.69 Å². The van der Waals surface area contributed by atoms with Crippen LogP contribution in [0.5, 0.6) is 0 Å². The lowest BCUT2D eigenvalue weighted by Crippen LogP contribution is -2.41. The van der Waals surface area contributed by atoms with Crippen molar-refractivity contribution in [2.75, 3.05) is 25.0 Å². The molecule has 0 atom stereocenters. The van der Waals surface area contributed by atoms with Gasteiger partial charge in [0.2, 0.25) is 5.91 Å². The third-order valence-corrected chi connectivity index (χ3v) is 7.53. The average molecular weight is 462 g/mol. The molecule has 0 spiro atoms. The lowest BCUT2D eigenvalue weighted by molar-refractivity contribution is -0.125. The molecule has 1 aliphatic heterocycles. The molecule has 3 aromatic rings. The van der Waals surface area contributed by atoms with E-state index in [-0.39, 0.29) is 11.8 Å². The molecule has 5 rings (SSSR count). The molecule has 8 nitrogen and oxygen atoms in total. The van der Waals surface area contributed by atoms with Crippen LogP contribution in [0.15, 0.2) is 42.7 Å². The molecule has 180 valence electrons. The summed E-state index contributed by atoms with van der Waals surface area (Å²) in [5, 5.41) is 15.7. The maximum absolute atomic E-state index is 13.0. The molecule has 0 bridgehead atoms. The van der Waals surface area contributed by atoms with E-state index in [2.05, 4.69) is 61.7 Å².